The minimum absolute atomic E-state index is 0.666. The van der Waals surface area contributed by atoms with Crippen molar-refractivity contribution in [2.24, 2.45) is 11.8 Å². The lowest BCUT2D eigenvalue weighted by molar-refractivity contribution is 0.312. The number of nitrogens with one attached hydrogen (secondary N) is 1. The van der Waals surface area contributed by atoms with Crippen LogP contribution in [0, 0.1) is 18.8 Å². The maximum Gasteiger partial charge on any atom is 0.0369 e. The van der Waals surface area contributed by atoms with Gasteiger partial charge >= 0.3 is 0 Å². The van der Waals surface area contributed by atoms with Crippen molar-refractivity contribution < 1.29 is 0 Å². The second-order valence-electron chi connectivity index (χ2n) is 7.51. The zero-order valence-corrected chi connectivity index (χ0v) is 14.4. The minimum atomic E-state index is 0.666. The Morgan fingerprint density at radius 2 is 1.95 bits per heavy atom. The Bertz CT molecular complexity index is 465. The zero-order valence-electron chi connectivity index (χ0n) is 14.4. The van der Waals surface area contributed by atoms with Crippen LogP contribution in [-0.2, 0) is 0 Å². The molecule has 1 aliphatic heterocycles. The Balaban J connectivity index is 1.61. The first kappa shape index (κ1) is 15.9. The summed E-state index contributed by atoms with van der Waals surface area (Å²) in [6, 6.07) is 9.67. The van der Waals surface area contributed by atoms with Crippen molar-refractivity contribution in [1.82, 2.24) is 5.32 Å². The summed E-state index contributed by atoms with van der Waals surface area (Å²) in [7, 11) is 0. The topological polar surface area (TPSA) is 15.3 Å². The van der Waals surface area contributed by atoms with Crippen molar-refractivity contribution in [3.8, 4) is 0 Å². The lowest BCUT2D eigenvalue weighted by Gasteiger charge is -2.40. The van der Waals surface area contributed by atoms with Crippen molar-refractivity contribution in [2.75, 3.05) is 24.5 Å². The molecule has 2 heteroatoms. The van der Waals surface area contributed by atoms with E-state index in [2.05, 4.69) is 48.3 Å². The highest BCUT2D eigenvalue weighted by Gasteiger charge is 2.27. The van der Waals surface area contributed by atoms with Gasteiger partial charge in [-0.2, -0.15) is 0 Å². The van der Waals surface area contributed by atoms with Crippen molar-refractivity contribution in [3.05, 3.63) is 29.8 Å². The molecule has 0 spiro atoms. The Labute approximate surface area is 136 Å². The predicted octanol–water partition coefficient (Wildman–Crippen LogP) is 4.38. The van der Waals surface area contributed by atoms with Gasteiger partial charge in [0.2, 0.25) is 0 Å². The van der Waals surface area contributed by atoms with E-state index in [4.69, 9.17) is 0 Å². The van der Waals surface area contributed by atoms with Crippen molar-refractivity contribution in [1.29, 1.82) is 0 Å². The third kappa shape index (κ3) is 4.04. The molecule has 2 unspecified atom stereocenters. The first-order chi connectivity index (χ1) is 10.7. The molecular weight excluding hydrogens is 268 g/mol. The number of aryl methyl sites for hydroxylation is 1. The first-order valence-electron chi connectivity index (χ1n) is 9.29. The normalized spacial score (nSPS) is 26.5. The molecule has 1 heterocycles. The maximum atomic E-state index is 3.90. The fourth-order valence-electron chi connectivity index (χ4n) is 4.23. The van der Waals surface area contributed by atoms with Gasteiger partial charge in [0.1, 0.15) is 0 Å². The van der Waals surface area contributed by atoms with E-state index in [-0.39, 0.29) is 0 Å². The molecule has 3 rings (SSSR count). The lowest BCUT2D eigenvalue weighted by atomic mass is 9.91. The molecule has 1 N–H and O–H groups in total. The van der Waals surface area contributed by atoms with Crippen molar-refractivity contribution >= 4 is 5.69 Å². The van der Waals surface area contributed by atoms with E-state index < -0.39 is 0 Å². The van der Waals surface area contributed by atoms with Crippen LogP contribution in [0.25, 0.3) is 0 Å². The standard InChI is InChI=1S/C20H32N2/c1-3-17-12-19(21-13-18-8-4-5-9-18)15-22(14-17)20-10-6-7-16(2)11-20/h6-7,10-11,17-19,21H,3-5,8-9,12-15H2,1-2H3. The number of nitrogens with zero attached hydrogens (tertiary/aromatic N) is 1. The summed E-state index contributed by atoms with van der Waals surface area (Å²) in [5.74, 6) is 1.77. The molecule has 122 valence electrons. The number of benzene rings is 1. The fraction of sp³-hybridized carbons (Fsp3) is 0.700. The van der Waals surface area contributed by atoms with E-state index in [9.17, 15) is 0 Å². The Morgan fingerprint density at radius 1 is 1.14 bits per heavy atom. The average Bonchev–Trinajstić information content (AvgIpc) is 3.06. The van der Waals surface area contributed by atoms with Crippen molar-refractivity contribution in [2.45, 2.75) is 58.4 Å². The average molecular weight is 300 g/mol. The quantitative estimate of drug-likeness (QED) is 0.868. The van der Waals surface area contributed by atoms with Gasteiger partial charge in [-0.15, -0.1) is 0 Å². The Hall–Kier alpha value is -1.02. The maximum absolute atomic E-state index is 3.90. The molecular formula is C20H32N2. The molecule has 2 nitrogen and oxygen atoms in total. The molecule has 0 bridgehead atoms. The fourth-order valence-corrected chi connectivity index (χ4v) is 4.23. The van der Waals surface area contributed by atoms with Crippen LogP contribution in [0.3, 0.4) is 0 Å². The number of piperidine rings is 1. The van der Waals surface area contributed by atoms with Crippen LogP contribution in [-0.4, -0.2) is 25.7 Å². The number of rotatable bonds is 5. The molecule has 2 aliphatic rings. The van der Waals surface area contributed by atoms with E-state index in [0.717, 1.165) is 11.8 Å². The summed E-state index contributed by atoms with van der Waals surface area (Å²) in [6.45, 7) is 8.18. The molecule has 22 heavy (non-hydrogen) atoms. The van der Waals surface area contributed by atoms with Crippen LogP contribution in [0.1, 0.15) is 51.0 Å². The second kappa shape index (κ2) is 7.50. The molecule has 1 aliphatic carbocycles. The van der Waals surface area contributed by atoms with Crippen LogP contribution >= 0.6 is 0 Å². The summed E-state index contributed by atoms with van der Waals surface area (Å²) in [6.07, 6.45) is 8.43. The highest BCUT2D eigenvalue weighted by atomic mass is 15.2. The molecule has 1 aromatic carbocycles. The zero-order chi connectivity index (χ0) is 15.4. The summed E-state index contributed by atoms with van der Waals surface area (Å²) in [4.78, 5) is 2.61. The summed E-state index contributed by atoms with van der Waals surface area (Å²) in [5, 5.41) is 3.90. The van der Waals surface area contributed by atoms with E-state index in [0.29, 0.717) is 6.04 Å². The van der Waals surface area contributed by atoms with E-state index in [1.54, 1.807) is 0 Å². The largest absolute Gasteiger partial charge is 0.370 e. The van der Waals surface area contributed by atoms with Gasteiger partial charge in [0.15, 0.2) is 0 Å². The first-order valence-corrected chi connectivity index (χ1v) is 9.29. The van der Waals surface area contributed by atoms with Crippen molar-refractivity contribution in [3.63, 3.8) is 0 Å². The summed E-state index contributed by atoms with van der Waals surface area (Å²) in [5.41, 5.74) is 2.78. The Kier molecular flexibility index (Phi) is 5.41. The third-order valence-corrected chi connectivity index (χ3v) is 5.65. The number of hydrogen-bond donors (Lipinski definition) is 1. The summed E-state index contributed by atoms with van der Waals surface area (Å²) < 4.78 is 0. The van der Waals surface area contributed by atoms with Crippen LogP contribution in [0.5, 0.6) is 0 Å². The summed E-state index contributed by atoms with van der Waals surface area (Å²) >= 11 is 0. The smallest absolute Gasteiger partial charge is 0.0369 e. The van der Waals surface area contributed by atoms with Gasteiger partial charge in [0.05, 0.1) is 0 Å². The van der Waals surface area contributed by atoms with Gasteiger partial charge in [0.25, 0.3) is 0 Å². The van der Waals surface area contributed by atoms with E-state index in [1.165, 1.54) is 69.4 Å². The van der Waals surface area contributed by atoms with Crippen LogP contribution in [0.2, 0.25) is 0 Å². The van der Waals surface area contributed by atoms with Gasteiger partial charge in [-0.05, 0) is 62.3 Å². The molecule has 0 aromatic heterocycles. The molecule has 0 radical (unpaired) electrons. The SMILES string of the molecule is CCC1CC(NCC2CCCC2)CN(c2cccc(C)c2)C1. The van der Waals surface area contributed by atoms with Crippen LogP contribution in [0.4, 0.5) is 5.69 Å². The van der Waals surface area contributed by atoms with Gasteiger partial charge < -0.3 is 10.2 Å². The predicted molar refractivity (Wildman–Crippen MR) is 95.5 cm³/mol. The number of anilines is 1. The van der Waals surface area contributed by atoms with Gasteiger partial charge in [-0.3, -0.25) is 0 Å². The molecule has 2 atom stereocenters. The van der Waals surface area contributed by atoms with Gasteiger partial charge in [-0.1, -0.05) is 38.3 Å². The second-order valence-corrected chi connectivity index (χ2v) is 7.51. The van der Waals surface area contributed by atoms with Crippen LogP contribution in [0.15, 0.2) is 24.3 Å². The molecule has 1 saturated carbocycles. The highest BCUT2D eigenvalue weighted by molar-refractivity contribution is 5.49. The highest BCUT2D eigenvalue weighted by Crippen LogP contribution is 2.27. The number of hydrogen-bond acceptors (Lipinski definition) is 2. The third-order valence-electron chi connectivity index (χ3n) is 5.65. The van der Waals surface area contributed by atoms with E-state index in [1.807, 2.05) is 0 Å². The molecule has 1 aromatic rings. The van der Waals surface area contributed by atoms with Crippen LogP contribution < -0.4 is 10.2 Å². The Morgan fingerprint density at radius 3 is 2.68 bits per heavy atom. The monoisotopic (exact) mass is 300 g/mol. The lowest BCUT2D eigenvalue weighted by Crippen LogP contribution is -2.50. The minimum Gasteiger partial charge on any atom is -0.370 e. The van der Waals surface area contributed by atoms with E-state index >= 15 is 0 Å². The molecule has 1 saturated heterocycles. The van der Waals surface area contributed by atoms with Gasteiger partial charge in [0, 0.05) is 24.8 Å². The van der Waals surface area contributed by atoms with Gasteiger partial charge in [-0.25, -0.2) is 0 Å². The molecule has 0 amide bonds. The molecule has 2 fully saturated rings.